The van der Waals surface area contributed by atoms with Gasteiger partial charge in [0.05, 0.1) is 0 Å². The van der Waals surface area contributed by atoms with Crippen LogP contribution in [0.15, 0.2) is 29.0 Å². The minimum atomic E-state index is -1.28. The van der Waals surface area contributed by atoms with E-state index in [4.69, 9.17) is 14.3 Å². The van der Waals surface area contributed by atoms with Crippen LogP contribution in [0.4, 0.5) is 8.78 Å². The Bertz CT molecular complexity index is 582. The Balaban J connectivity index is 2.11. The van der Waals surface area contributed by atoms with E-state index in [1.54, 1.807) is 0 Å². The summed E-state index contributed by atoms with van der Waals surface area (Å²) in [5.74, 6) is -3.14. The fraction of sp³-hybridized carbons (Fsp3) is 0.0909. The summed E-state index contributed by atoms with van der Waals surface area (Å²) in [4.78, 5) is 14.2. The number of halogens is 2. The van der Waals surface area contributed by atoms with E-state index in [2.05, 4.69) is 4.98 Å². The number of aromatic carboxylic acids is 1. The highest BCUT2D eigenvalue weighted by Crippen LogP contribution is 2.19. The molecule has 0 bridgehead atoms. The maximum atomic E-state index is 13.2. The van der Waals surface area contributed by atoms with Gasteiger partial charge in [0.15, 0.2) is 29.4 Å². The second-order valence-electron chi connectivity index (χ2n) is 3.29. The van der Waals surface area contributed by atoms with Gasteiger partial charge >= 0.3 is 5.97 Å². The van der Waals surface area contributed by atoms with Crippen LogP contribution in [0.5, 0.6) is 5.75 Å². The van der Waals surface area contributed by atoms with Gasteiger partial charge in [-0.2, -0.15) is 0 Å². The van der Waals surface area contributed by atoms with E-state index in [0.29, 0.717) is 6.07 Å². The normalized spacial score (nSPS) is 10.3. The number of rotatable bonds is 4. The van der Waals surface area contributed by atoms with Crippen molar-refractivity contribution in [2.24, 2.45) is 0 Å². The molecular weight excluding hydrogens is 248 g/mol. The van der Waals surface area contributed by atoms with Crippen LogP contribution in [0, 0.1) is 11.6 Å². The van der Waals surface area contributed by atoms with Gasteiger partial charge in [0.1, 0.15) is 12.4 Å². The summed E-state index contributed by atoms with van der Waals surface area (Å²) in [5.41, 5.74) is -0.308. The zero-order chi connectivity index (χ0) is 13.1. The second-order valence-corrected chi connectivity index (χ2v) is 3.29. The summed E-state index contributed by atoms with van der Waals surface area (Å²) in [6.07, 6.45) is 0.948. The van der Waals surface area contributed by atoms with Crippen molar-refractivity contribution >= 4 is 5.97 Å². The lowest BCUT2D eigenvalue weighted by atomic mass is 10.3. The topological polar surface area (TPSA) is 72.6 Å². The van der Waals surface area contributed by atoms with Crippen molar-refractivity contribution in [3.8, 4) is 5.75 Å². The van der Waals surface area contributed by atoms with Gasteiger partial charge in [-0.25, -0.2) is 18.6 Å². The van der Waals surface area contributed by atoms with Crippen LogP contribution < -0.4 is 4.74 Å². The molecule has 0 amide bonds. The molecule has 1 aromatic heterocycles. The molecular formula is C11H7F2NO4. The van der Waals surface area contributed by atoms with Crippen molar-refractivity contribution in [2.45, 2.75) is 6.61 Å². The van der Waals surface area contributed by atoms with Crippen molar-refractivity contribution in [2.75, 3.05) is 0 Å². The lowest BCUT2D eigenvalue weighted by Crippen LogP contribution is -2.04. The van der Waals surface area contributed by atoms with Crippen molar-refractivity contribution < 1.29 is 27.8 Å². The Kier molecular flexibility index (Phi) is 3.22. The molecule has 0 unspecified atom stereocenters. The highest BCUT2D eigenvalue weighted by atomic mass is 19.1. The minimum absolute atomic E-state index is 0.0498. The summed E-state index contributed by atoms with van der Waals surface area (Å²) in [6, 6.07) is 2.78. The molecule has 0 aliphatic carbocycles. The lowest BCUT2D eigenvalue weighted by molar-refractivity contribution is 0.0686. The van der Waals surface area contributed by atoms with Crippen LogP contribution in [0.25, 0.3) is 0 Å². The third-order valence-electron chi connectivity index (χ3n) is 2.10. The number of ether oxygens (including phenoxy) is 1. The SMILES string of the molecule is O=C(O)c1ncoc1COc1ccc(F)cc1F. The first-order chi connectivity index (χ1) is 8.58. The van der Waals surface area contributed by atoms with Gasteiger partial charge in [-0.1, -0.05) is 0 Å². The van der Waals surface area contributed by atoms with E-state index < -0.39 is 17.6 Å². The molecule has 0 aliphatic heterocycles. The molecule has 1 aromatic carbocycles. The number of aromatic nitrogens is 1. The molecule has 0 radical (unpaired) electrons. The molecule has 7 heteroatoms. The molecule has 1 N–H and O–H groups in total. The van der Waals surface area contributed by atoms with Crippen molar-refractivity contribution in [3.05, 3.63) is 47.7 Å². The molecule has 2 rings (SSSR count). The lowest BCUT2D eigenvalue weighted by Gasteiger charge is -2.05. The summed E-state index contributed by atoms with van der Waals surface area (Å²) in [7, 11) is 0. The minimum Gasteiger partial charge on any atom is -0.482 e. The number of carboxylic acids is 1. The fourth-order valence-electron chi connectivity index (χ4n) is 1.28. The zero-order valence-electron chi connectivity index (χ0n) is 8.89. The quantitative estimate of drug-likeness (QED) is 0.906. The van der Waals surface area contributed by atoms with Crippen molar-refractivity contribution in [3.63, 3.8) is 0 Å². The molecule has 0 spiro atoms. The molecule has 0 aliphatic rings. The number of oxazole rings is 1. The Morgan fingerprint density at radius 3 is 2.89 bits per heavy atom. The zero-order valence-corrected chi connectivity index (χ0v) is 8.89. The number of benzene rings is 1. The highest BCUT2D eigenvalue weighted by molar-refractivity contribution is 5.86. The van der Waals surface area contributed by atoms with Crippen LogP contribution >= 0.6 is 0 Å². The largest absolute Gasteiger partial charge is 0.482 e. The Morgan fingerprint density at radius 1 is 1.44 bits per heavy atom. The van der Waals surface area contributed by atoms with Crippen LogP contribution in [-0.2, 0) is 6.61 Å². The Hall–Kier alpha value is -2.44. The molecule has 1 heterocycles. The molecule has 0 saturated heterocycles. The number of hydrogen-bond donors (Lipinski definition) is 1. The molecule has 2 aromatic rings. The van der Waals surface area contributed by atoms with Gasteiger partial charge in [0, 0.05) is 6.07 Å². The van der Waals surface area contributed by atoms with Crippen LogP contribution in [0.3, 0.4) is 0 Å². The van der Waals surface area contributed by atoms with Crippen LogP contribution in [0.1, 0.15) is 16.2 Å². The number of carbonyl (C=O) groups is 1. The third kappa shape index (κ3) is 2.45. The standard InChI is InChI=1S/C11H7F2NO4/c12-6-1-2-8(7(13)3-6)17-4-9-10(11(15)16)14-5-18-9/h1-3,5H,4H2,(H,15,16). The van der Waals surface area contributed by atoms with E-state index in [1.165, 1.54) is 0 Å². The van der Waals surface area contributed by atoms with Gasteiger partial charge in [0.2, 0.25) is 0 Å². The maximum Gasteiger partial charge on any atom is 0.358 e. The van der Waals surface area contributed by atoms with Gasteiger partial charge < -0.3 is 14.3 Å². The smallest absolute Gasteiger partial charge is 0.358 e. The average molecular weight is 255 g/mol. The highest BCUT2D eigenvalue weighted by Gasteiger charge is 2.16. The van der Waals surface area contributed by atoms with Gasteiger partial charge in [-0.3, -0.25) is 0 Å². The van der Waals surface area contributed by atoms with Crippen molar-refractivity contribution in [1.82, 2.24) is 4.98 Å². The van der Waals surface area contributed by atoms with E-state index in [0.717, 1.165) is 18.5 Å². The first kappa shape index (κ1) is 12.0. The van der Waals surface area contributed by atoms with Gasteiger partial charge in [-0.15, -0.1) is 0 Å². The fourth-order valence-corrected chi connectivity index (χ4v) is 1.28. The van der Waals surface area contributed by atoms with E-state index in [-0.39, 0.29) is 23.8 Å². The van der Waals surface area contributed by atoms with E-state index >= 15 is 0 Å². The number of hydrogen-bond acceptors (Lipinski definition) is 4. The van der Waals surface area contributed by atoms with Crippen LogP contribution in [0.2, 0.25) is 0 Å². The summed E-state index contributed by atoms with van der Waals surface area (Å²) >= 11 is 0. The summed E-state index contributed by atoms with van der Waals surface area (Å²) in [5, 5.41) is 8.74. The number of carboxylic acid groups (broad SMARTS) is 1. The van der Waals surface area contributed by atoms with E-state index in [1.807, 2.05) is 0 Å². The van der Waals surface area contributed by atoms with Gasteiger partial charge in [-0.05, 0) is 12.1 Å². The third-order valence-corrected chi connectivity index (χ3v) is 2.10. The summed E-state index contributed by atoms with van der Waals surface area (Å²) in [6.45, 7) is -0.315. The molecule has 18 heavy (non-hydrogen) atoms. The molecule has 5 nitrogen and oxygen atoms in total. The Morgan fingerprint density at radius 2 is 2.22 bits per heavy atom. The molecule has 0 fully saturated rings. The Labute approximate surface area is 99.6 Å². The summed E-state index contributed by atoms with van der Waals surface area (Å²) < 4.78 is 35.6. The molecule has 0 saturated carbocycles. The van der Waals surface area contributed by atoms with Crippen LogP contribution in [-0.4, -0.2) is 16.1 Å². The second kappa shape index (κ2) is 4.82. The van der Waals surface area contributed by atoms with Gasteiger partial charge in [0.25, 0.3) is 0 Å². The average Bonchev–Trinajstić information content (AvgIpc) is 2.76. The van der Waals surface area contributed by atoms with E-state index in [9.17, 15) is 13.6 Å². The number of nitrogens with zero attached hydrogens (tertiary/aromatic N) is 1. The molecule has 0 atom stereocenters. The maximum absolute atomic E-state index is 13.2. The predicted octanol–water partition coefficient (Wildman–Crippen LogP) is 2.23. The monoisotopic (exact) mass is 255 g/mol. The molecule has 94 valence electrons. The predicted molar refractivity (Wildman–Crippen MR) is 54.2 cm³/mol. The van der Waals surface area contributed by atoms with Crippen molar-refractivity contribution in [1.29, 1.82) is 0 Å². The first-order valence-corrected chi connectivity index (χ1v) is 4.81. The first-order valence-electron chi connectivity index (χ1n) is 4.81.